The molecular weight excluding hydrogens is 231 g/mol. The molecule has 0 bridgehead atoms. The zero-order valence-electron chi connectivity index (χ0n) is 8.69. The molecule has 76 valence electrons. The van der Waals surface area contributed by atoms with Crippen molar-refractivity contribution in [3.63, 3.8) is 0 Å². The molecule has 1 heterocycles. The fourth-order valence-corrected chi connectivity index (χ4v) is 1.81. The Morgan fingerprint density at radius 1 is 1.27 bits per heavy atom. The third kappa shape index (κ3) is 2.61. The van der Waals surface area contributed by atoms with Gasteiger partial charge in [0.1, 0.15) is 5.75 Å². The summed E-state index contributed by atoms with van der Waals surface area (Å²) in [6.45, 7) is -2.90. The fourth-order valence-electron chi connectivity index (χ4n) is 1.81. The molecule has 0 radical (unpaired) electrons. The zero-order chi connectivity index (χ0) is 10.3. The van der Waals surface area contributed by atoms with Crippen molar-refractivity contribution in [1.29, 1.82) is 0 Å². The van der Waals surface area contributed by atoms with Crippen LogP contribution in [0.25, 0.3) is 0 Å². The van der Waals surface area contributed by atoms with Crippen LogP contribution < -0.4 is 61.6 Å². The van der Waals surface area contributed by atoms with Crippen LogP contribution in [0.5, 0.6) is 5.75 Å². The van der Waals surface area contributed by atoms with Gasteiger partial charge < -0.3 is 17.7 Å². The molecular formula is C9H9BF3KO. The molecule has 0 spiro atoms. The van der Waals surface area contributed by atoms with E-state index < -0.39 is 12.4 Å². The van der Waals surface area contributed by atoms with E-state index in [0.29, 0.717) is 29.9 Å². The van der Waals surface area contributed by atoms with E-state index in [9.17, 15) is 12.9 Å². The first-order chi connectivity index (χ1) is 6.50. The third-order valence-corrected chi connectivity index (χ3v) is 2.56. The van der Waals surface area contributed by atoms with E-state index in [1.54, 1.807) is 0 Å². The van der Waals surface area contributed by atoms with Gasteiger partial charge in [0.2, 0.25) is 0 Å². The molecule has 1 aromatic rings. The van der Waals surface area contributed by atoms with Crippen molar-refractivity contribution in [1.82, 2.24) is 0 Å². The molecule has 0 aliphatic carbocycles. The van der Waals surface area contributed by atoms with Crippen molar-refractivity contribution in [3.05, 3.63) is 23.3 Å². The number of rotatable bonds is 1. The molecule has 0 unspecified atom stereocenters. The van der Waals surface area contributed by atoms with Crippen LogP contribution in [0.15, 0.2) is 12.1 Å². The zero-order valence-corrected chi connectivity index (χ0v) is 11.8. The van der Waals surface area contributed by atoms with E-state index in [-0.39, 0.29) is 51.4 Å². The van der Waals surface area contributed by atoms with Crippen molar-refractivity contribution < 1.29 is 69.1 Å². The normalized spacial score (nSPS) is 14.1. The van der Waals surface area contributed by atoms with E-state index in [1.807, 2.05) is 0 Å². The summed E-state index contributed by atoms with van der Waals surface area (Å²) in [5, 5.41) is 0. The Bertz CT molecular complexity index is 378. The van der Waals surface area contributed by atoms with Crippen molar-refractivity contribution in [2.75, 3.05) is 6.61 Å². The summed E-state index contributed by atoms with van der Waals surface area (Å²) in [5.74, 6) is 0.603. The standard InChI is InChI=1S/C9H9BF3O.K/c1-6-7-4-5-14-9(7)3-2-8(6)10(11,12)13;/h2-3H,4-5H2,1H3;/q-1;+1. The molecule has 15 heavy (non-hydrogen) atoms. The Labute approximate surface area is 129 Å². The summed E-state index contributed by atoms with van der Waals surface area (Å²) < 4.78 is 42.8. The second-order valence-electron chi connectivity index (χ2n) is 3.43. The topological polar surface area (TPSA) is 9.23 Å². The quantitative estimate of drug-likeness (QED) is 0.571. The predicted molar refractivity (Wildman–Crippen MR) is 49.1 cm³/mol. The van der Waals surface area contributed by atoms with Gasteiger partial charge in [0, 0.05) is 6.42 Å². The maximum atomic E-state index is 12.5. The molecule has 0 saturated carbocycles. The van der Waals surface area contributed by atoms with Gasteiger partial charge in [0.05, 0.1) is 6.61 Å². The van der Waals surface area contributed by atoms with Gasteiger partial charge in [0.25, 0.3) is 0 Å². The number of fused-ring (bicyclic) bond motifs is 1. The Balaban J connectivity index is 0.00000112. The third-order valence-electron chi connectivity index (χ3n) is 2.56. The van der Waals surface area contributed by atoms with Crippen LogP contribution in [-0.2, 0) is 6.42 Å². The summed E-state index contributed by atoms with van der Waals surface area (Å²) in [4.78, 5) is 0. The van der Waals surface area contributed by atoms with E-state index in [1.165, 1.54) is 13.0 Å². The summed E-state index contributed by atoms with van der Waals surface area (Å²) in [6, 6.07) is 2.53. The monoisotopic (exact) mass is 240 g/mol. The van der Waals surface area contributed by atoms with Gasteiger partial charge in [-0.1, -0.05) is 11.6 Å². The Morgan fingerprint density at radius 2 is 1.93 bits per heavy atom. The van der Waals surface area contributed by atoms with Gasteiger partial charge in [-0.25, -0.2) is 0 Å². The molecule has 0 aromatic heterocycles. The number of benzene rings is 1. The number of hydrogen-bond acceptors (Lipinski definition) is 1. The Morgan fingerprint density at radius 3 is 2.53 bits per heavy atom. The minimum absolute atomic E-state index is 0. The molecule has 0 saturated heterocycles. The molecule has 0 atom stereocenters. The molecule has 1 aliphatic heterocycles. The first-order valence-corrected chi connectivity index (χ1v) is 4.45. The minimum atomic E-state index is -4.90. The molecule has 1 nitrogen and oxygen atoms in total. The van der Waals surface area contributed by atoms with Crippen LogP contribution in [0.4, 0.5) is 12.9 Å². The van der Waals surface area contributed by atoms with E-state index in [0.717, 1.165) is 6.07 Å². The summed E-state index contributed by atoms with van der Waals surface area (Å²) >= 11 is 0. The maximum Gasteiger partial charge on any atom is 1.00 e. The van der Waals surface area contributed by atoms with Gasteiger partial charge in [-0.15, -0.1) is 5.46 Å². The molecule has 2 rings (SSSR count). The average molecular weight is 240 g/mol. The molecule has 1 aliphatic rings. The van der Waals surface area contributed by atoms with Crippen LogP contribution in [0.1, 0.15) is 11.1 Å². The van der Waals surface area contributed by atoms with Crippen LogP contribution in [0.2, 0.25) is 0 Å². The van der Waals surface area contributed by atoms with Gasteiger partial charge in [-0.3, -0.25) is 0 Å². The summed E-state index contributed by atoms with van der Waals surface area (Å²) in [6.07, 6.45) is 0.584. The van der Waals surface area contributed by atoms with Crippen molar-refractivity contribution in [2.45, 2.75) is 13.3 Å². The smallest absolute Gasteiger partial charge is 0.493 e. The minimum Gasteiger partial charge on any atom is -0.493 e. The van der Waals surface area contributed by atoms with Gasteiger partial charge in [-0.2, -0.15) is 0 Å². The van der Waals surface area contributed by atoms with Gasteiger partial charge in [-0.05, 0) is 18.6 Å². The SMILES string of the molecule is Cc1c([B-](F)(F)F)ccc2c1CCO2.[K+]. The van der Waals surface area contributed by atoms with Crippen LogP contribution >= 0.6 is 0 Å². The largest absolute Gasteiger partial charge is 1.00 e. The van der Waals surface area contributed by atoms with Crippen LogP contribution in [0, 0.1) is 6.92 Å². The summed E-state index contributed by atoms with van der Waals surface area (Å²) in [5.41, 5.74) is 0.545. The number of hydrogen-bond donors (Lipinski definition) is 0. The fraction of sp³-hybridized carbons (Fsp3) is 0.333. The van der Waals surface area contributed by atoms with Crippen molar-refractivity contribution >= 4 is 12.4 Å². The van der Waals surface area contributed by atoms with Gasteiger partial charge >= 0.3 is 58.4 Å². The van der Waals surface area contributed by atoms with Gasteiger partial charge in [0.15, 0.2) is 0 Å². The summed E-state index contributed by atoms with van der Waals surface area (Å²) in [7, 11) is 0. The average Bonchev–Trinajstić information content (AvgIpc) is 2.50. The molecule has 6 heteroatoms. The Hall–Kier alpha value is 0.511. The van der Waals surface area contributed by atoms with Crippen molar-refractivity contribution in [2.24, 2.45) is 0 Å². The predicted octanol–water partition coefficient (Wildman–Crippen LogP) is -1.01. The number of ether oxygens (including phenoxy) is 1. The van der Waals surface area contributed by atoms with Crippen LogP contribution in [0.3, 0.4) is 0 Å². The molecule has 0 N–H and O–H groups in total. The first kappa shape index (κ1) is 13.6. The van der Waals surface area contributed by atoms with Crippen molar-refractivity contribution in [3.8, 4) is 5.75 Å². The second-order valence-corrected chi connectivity index (χ2v) is 3.43. The van der Waals surface area contributed by atoms with E-state index in [4.69, 9.17) is 4.74 Å². The maximum absolute atomic E-state index is 12.5. The molecule has 0 amide bonds. The first-order valence-electron chi connectivity index (χ1n) is 4.45. The number of halogens is 3. The Kier molecular flexibility index (Phi) is 4.34. The molecule has 1 aromatic carbocycles. The van der Waals surface area contributed by atoms with Crippen LogP contribution in [-0.4, -0.2) is 13.6 Å². The second kappa shape index (κ2) is 4.79. The van der Waals surface area contributed by atoms with E-state index >= 15 is 0 Å². The molecule has 0 fully saturated rings. The van der Waals surface area contributed by atoms with E-state index in [2.05, 4.69) is 0 Å².